The van der Waals surface area contributed by atoms with Crippen molar-refractivity contribution in [2.24, 2.45) is 0 Å². The number of rotatable bonds is 4. The molecule has 96 valence electrons. The zero-order valence-electron chi connectivity index (χ0n) is 10.7. The minimum atomic E-state index is 0.270. The molecule has 6 heteroatoms. The molecule has 1 atom stereocenters. The maximum Gasteiger partial charge on any atom is 0.223 e. The van der Waals surface area contributed by atoms with Crippen LogP contribution < -0.4 is 0 Å². The van der Waals surface area contributed by atoms with Gasteiger partial charge in [0.2, 0.25) is 5.89 Å². The van der Waals surface area contributed by atoms with E-state index in [1.165, 1.54) is 0 Å². The van der Waals surface area contributed by atoms with Gasteiger partial charge in [-0.3, -0.25) is 4.90 Å². The number of aromatic nitrogens is 2. The van der Waals surface area contributed by atoms with Gasteiger partial charge in [0.25, 0.3) is 0 Å². The topological polar surface area (TPSA) is 54.6 Å². The molecule has 1 aromatic rings. The molecule has 1 aliphatic heterocycles. The molecule has 0 bridgehead atoms. The third-order valence-corrected chi connectivity index (χ3v) is 2.73. The van der Waals surface area contributed by atoms with Crippen molar-refractivity contribution in [2.75, 3.05) is 40.3 Å². The maximum atomic E-state index is 5.71. The highest BCUT2D eigenvalue weighted by molar-refractivity contribution is 4.85. The molecule has 6 nitrogen and oxygen atoms in total. The molecule has 1 unspecified atom stereocenters. The van der Waals surface area contributed by atoms with E-state index in [1.54, 1.807) is 0 Å². The Labute approximate surface area is 102 Å². The van der Waals surface area contributed by atoms with Crippen molar-refractivity contribution in [3.05, 3.63) is 11.7 Å². The first-order valence-corrected chi connectivity index (χ1v) is 5.91. The average Bonchev–Trinajstić information content (AvgIpc) is 2.63. The number of morpholine rings is 1. The van der Waals surface area contributed by atoms with Crippen LogP contribution in [0.25, 0.3) is 0 Å². The molecule has 2 heterocycles. The predicted molar refractivity (Wildman–Crippen MR) is 62.6 cm³/mol. The predicted octanol–water partition coefficient (Wildman–Crippen LogP) is 0.140. The van der Waals surface area contributed by atoms with E-state index in [1.807, 2.05) is 6.92 Å². The van der Waals surface area contributed by atoms with Crippen LogP contribution in [0, 0.1) is 6.92 Å². The number of hydrogen-bond acceptors (Lipinski definition) is 6. The van der Waals surface area contributed by atoms with Crippen LogP contribution in [0.2, 0.25) is 0 Å². The van der Waals surface area contributed by atoms with E-state index in [9.17, 15) is 0 Å². The van der Waals surface area contributed by atoms with Gasteiger partial charge >= 0.3 is 0 Å². The summed E-state index contributed by atoms with van der Waals surface area (Å²) >= 11 is 0. The molecule has 1 aromatic heterocycles. The van der Waals surface area contributed by atoms with Gasteiger partial charge in [-0.1, -0.05) is 5.16 Å². The SMILES string of the molecule is Cc1nc(CN2CCOC(CN(C)C)C2)no1. The Hall–Kier alpha value is -0.980. The Morgan fingerprint density at radius 2 is 2.29 bits per heavy atom. The van der Waals surface area contributed by atoms with E-state index in [-0.39, 0.29) is 6.10 Å². The Bertz CT molecular complexity index is 353. The summed E-state index contributed by atoms with van der Waals surface area (Å²) in [6.45, 7) is 6.12. The van der Waals surface area contributed by atoms with E-state index in [0.717, 1.165) is 38.6 Å². The Morgan fingerprint density at radius 3 is 2.94 bits per heavy atom. The third kappa shape index (κ3) is 3.76. The lowest BCUT2D eigenvalue weighted by atomic mass is 10.2. The van der Waals surface area contributed by atoms with Crippen LogP contribution in [0.3, 0.4) is 0 Å². The summed E-state index contributed by atoms with van der Waals surface area (Å²) in [5, 5.41) is 3.92. The van der Waals surface area contributed by atoms with Crippen LogP contribution >= 0.6 is 0 Å². The Balaban J connectivity index is 1.85. The molecule has 0 N–H and O–H groups in total. The normalized spacial score (nSPS) is 22.2. The number of likely N-dealkylation sites (N-methyl/N-ethyl adjacent to an activating group) is 1. The summed E-state index contributed by atoms with van der Waals surface area (Å²) in [6, 6.07) is 0. The van der Waals surface area contributed by atoms with Crippen molar-refractivity contribution in [3.63, 3.8) is 0 Å². The first-order valence-electron chi connectivity index (χ1n) is 5.91. The van der Waals surface area contributed by atoms with E-state index in [4.69, 9.17) is 9.26 Å². The van der Waals surface area contributed by atoms with Gasteiger partial charge in [0.05, 0.1) is 19.3 Å². The van der Waals surface area contributed by atoms with E-state index < -0.39 is 0 Å². The van der Waals surface area contributed by atoms with Crippen LogP contribution in [-0.2, 0) is 11.3 Å². The lowest BCUT2D eigenvalue weighted by Gasteiger charge is -2.33. The molecule has 1 aliphatic rings. The Kier molecular flexibility index (Phi) is 4.09. The largest absolute Gasteiger partial charge is 0.374 e. The molecule has 1 saturated heterocycles. The maximum absolute atomic E-state index is 5.71. The average molecular weight is 240 g/mol. The van der Waals surface area contributed by atoms with Crippen LogP contribution in [0.5, 0.6) is 0 Å². The monoisotopic (exact) mass is 240 g/mol. The minimum Gasteiger partial charge on any atom is -0.374 e. The molecule has 2 rings (SSSR count). The molecular weight excluding hydrogens is 220 g/mol. The smallest absolute Gasteiger partial charge is 0.223 e. The lowest BCUT2D eigenvalue weighted by Crippen LogP contribution is -2.46. The van der Waals surface area contributed by atoms with Crippen LogP contribution in [0.15, 0.2) is 4.52 Å². The number of ether oxygens (including phenoxy) is 1. The van der Waals surface area contributed by atoms with Crippen molar-refractivity contribution in [2.45, 2.75) is 19.6 Å². The molecule has 1 fully saturated rings. The fraction of sp³-hybridized carbons (Fsp3) is 0.818. The fourth-order valence-electron chi connectivity index (χ4n) is 2.05. The summed E-state index contributed by atoms with van der Waals surface area (Å²) in [4.78, 5) is 8.67. The molecule has 0 saturated carbocycles. The van der Waals surface area contributed by atoms with Crippen LogP contribution in [0.4, 0.5) is 0 Å². The number of nitrogens with zero attached hydrogens (tertiary/aromatic N) is 4. The van der Waals surface area contributed by atoms with Crippen molar-refractivity contribution >= 4 is 0 Å². The van der Waals surface area contributed by atoms with Gasteiger partial charge in [-0.15, -0.1) is 0 Å². The van der Waals surface area contributed by atoms with Crippen molar-refractivity contribution in [1.29, 1.82) is 0 Å². The lowest BCUT2D eigenvalue weighted by molar-refractivity contribution is -0.0414. The molecule has 0 radical (unpaired) electrons. The quantitative estimate of drug-likeness (QED) is 0.746. The van der Waals surface area contributed by atoms with Crippen molar-refractivity contribution < 1.29 is 9.26 Å². The molecular formula is C11H20N4O2. The summed E-state index contributed by atoms with van der Waals surface area (Å²) in [5.74, 6) is 1.38. The molecule has 0 aromatic carbocycles. The third-order valence-electron chi connectivity index (χ3n) is 2.73. The van der Waals surface area contributed by atoms with Crippen molar-refractivity contribution in [3.8, 4) is 0 Å². The van der Waals surface area contributed by atoms with E-state index in [0.29, 0.717) is 5.89 Å². The number of aryl methyl sites for hydroxylation is 1. The minimum absolute atomic E-state index is 0.270. The molecule has 0 spiro atoms. The van der Waals surface area contributed by atoms with Crippen molar-refractivity contribution in [1.82, 2.24) is 19.9 Å². The summed E-state index contributed by atoms with van der Waals surface area (Å²) in [7, 11) is 4.12. The second-order valence-corrected chi connectivity index (χ2v) is 4.72. The van der Waals surface area contributed by atoms with Gasteiger partial charge in [-0.25, -0.2) is 0 Å². The zero-order chi connectivity index (χ0) is 12.3. The van der Waals surface area contributed by atoms with E-state index in [2.05, 4.69) is 34.0 Å². The van der Waals surface area contributed by atoms with Crippen LogP contribution in [-0.4, -0.2) is 66.4 Å². The first kappa shape index (κ1) is 12.5. The van der Waals surface area contributed by atoms with Crippen LogP contribution in [0.1, 0.15) is 11.7 Å². The highest BCUT2D eigenvalue weighted by Crippen LogP contribution is 2.09. The molecule has 0 amide bonds. The fourth-order valence-corrected chi connectivity index (χ4v) is 2.05. The van der Waals surface area contributed by atoms with E-state index >= 15 is 0 Å². The van der Waals surface area contributed by atoms with Gasteiger partial charge in [-0.05, 0) is 14.1 Å². The second-order valence-electron chi connectivity index (χ2n) is 4.72. The van der Waals surface area contributed by atoms with Gasteiger partial charge in [0.15, 0.2) is 5.82 Å². The van der Waals surface area contributed by atoms with Gasteiger partial charge in [-0.2, -0.15) is 4.98 Å². The standard InChI is InChI=1S/C11H20N4O2/c1-9-12-11(13-17-9)8-15-4-5-16-10(7-15)6-14(2)3/h10H,4-8H2,1-3H3. The van der Waals surface area contributed by atoms with Gasteiger partial charge < -0.3 is 14.2 Å². The number of hydrogen-bond donors (Lipinski definition) is 0. The summed E-state index contributed by atoms with van der Waals surface area (Å²) < 4.78 is 10.7. The second kappa shape index (κ2) is 5.57. The highest BCUT2D eigenvalue weighted by atomic mass is 16.5. The van der Waals surface area contributed by atoms with Gasteiger partial charge in [0.1, 0.15) is 0 Å². The summed E-state index contributed by atoms with van der Waals surface area (Å²) in [6.07, 6.45) is 0.270. The Morgan fingerprint density at radius 1 is 1.47 bits per heavy atom. The molecule has 0 aliphatic carbocycles. The molecule has 17 heavy (non-hydrogen) atoms. The highest BCUT2D eigenvalue weighted by Gasteiger charge is 2.22. The zero-order valence-corrected chi connectivity index (χ0v) is 10.7. The summed E-state index contributed by atoms with van der Waals surface area (Å²) in [5.41, 5.74) is 0. The van der Waals surface area contributed by atoms with Gasteiger partial charge in [0, 0.05) is 26.6 Å². The first-order chi connectivity index (χ1) is 8.13.